The Morgan fingerprint density at radius 2 is 2.00 bits per heavy atom. The van der Waals surface area contributed by atoms with E-state index in [1.54, 1.807) is 6.07 Å². The number of nitrogens with two attached hydrogens (primary N) is 1. The van der Waals surface area contributed by atoms with Crippen molar-refractivity contribution in [2.24, 2.45) is 5.73 Å². The number of benzene rings is 1. The van der Waals surface area contributed by atoms with Crippen LogP contribution in [0.15, 0.2) is 47.1 Å². The van der Waals surface area contributed by atoms with Crippen LogP contribution in [0.2, 0.25) is 0 Å². The molecular weight excluding hydrogens is 266 g/mol. The smallest absolute Gasteiger partial charge is 0.422 e. The van der Waals surface area contributed by atoms with Crippen LogP contribution < -0.4 is 10.9 Å². The molecule has 0 saturated heterocycles. The minimum atomic E-state index is -0.736. The number of hydrogen-bond donors (Lipinski definition) is 2. The zero-order valence-electron chi connectivity index (χ0n) is 10.1. The Balaban J connectivity index is 2.06. The van der Waals surface area contributed by atoms with Gasteiger partial charge in [-0.05, 0) is 24.3 Å². The second-order valence-electron chi connectivity index (χ2n) is 3.69. The van der Waals surface area contributed by atoms with Crippen LogP contribution >= 0.6 is 0 Å². The van der Waals surface area contributed by atoms with Gasteiger partial charge in [-0.3, -0.25) is 20.7 Å². The summed E-state index contributed by atoms with van der Waals surface area (Å²) in [6, 6.07) is 8.42. The Morgan fingerprint density at radius 3 is 2.55 bits per heavy atom. The van der Waals surface area contributed by atoms with Crippen LogP contribution in [-0.4, -0.2) is 16.7 Å². The molecule has 0 unspecified atom stereocenters. The van der Waals surface area contributed by atoms with Crippen molar-refractivity contribution in [2.75, 3.05) is 0 Å². The number of rotatable bonds is 4. The summed E-state index contributed by atoms with van der Waals surface area (Å²) < 4.78 is 4.84. The normalized spacial score (nSPS) is 11.1. The molecule has 0 amide bonds. The van der Waals surface area contributed by atoms with E-state index in [-0.39, 0.29) is 17.3 Å². The number of amidine groups is 1. The van der Waals surface area contributed by atoms with Gasteiger partial charge in [0.2, 0.25) is 5.76 Å². The Labute approximate surface area is 112 Å². The quantitative estimate of drug-likeness (QED) is 0.261. The number of non-ortho nitro benzene ring substituents is 1. The summed E-state index contributed by atoms with van der Waals surface area (Å²) in [6.07, 6.45) is 1.33. The predicted octanol–water partition coefficient (Wildman–Crippen LogP) is -0.254. The van der Waals surface area contributed by atoms with Crippen LogP contribution in [0.5, 0.6) is 0 Å². The van der Waals surface area contributed by atoms with Crippen LogP contribution in [-0.2, 0) is 4.84 Å². The lowest BCUT2D eigenvalue weighted by Crippen LogP contribution is -2.75. The van der Waals surface area contributed by atoms with Gasteiger partial charge < -0.3 is 4.42 Å². The summed E-state index contributed by atoms with van der Waals surface area (Å²) in [5, 5.41) is 12.8. The Kier molecular flexibility index (Phi) is 3.75. The Morgan fingerprint density at radius 1 is 1.30 bits per heavy atom. The van der Waals surface area contributed by atoms with E-state index in [4.69, 9.17) is 15.0 Å². The number of furan rings is 1. The molecule has 0 radical (unpaired) electrons. The SMILES string of the molecule is NC(=[NH+]OC(=O)c1ccco1)c1ccc([N+](=O)[O-])cc1. The molecule has 0 saturated carbocycles. The van der Waals surface area contributed by atoms with E-state index >= 15 is 0 Å². The van der Waals surface area contributed by atoms with Crippen LogP contribution in [0.1, 0.15) is 16.1 Å². The largest absolute Gasteiger partial charge is 0.457 e. The van der Waals surface area contributed by atoms with Crippen molar-refractivity contribution in [1.29, 1.82) is 0 Å². The molecule has 2 aromatic rings. The first-order chi connectivity index (χ1) is 9.58. The molecule has 20 heavy (non-hydrogen) atoms. The van der Waals surface area contributed by atoms with Crippen LogP contribution in [0.25, 0.3) is 0 Å². The molecule has 0 aliphatic heterocycles. The van der Waals surface area contributed by atoms with Crippen molar-refractivity contribution < 1.29 is 24.1 Å². The number of carbonyl (C=O) groups is 1. The van der Waals surface area contributed by atoms with Crippen molar-refractivity contribution in [3.63, 3.8) is 0 Å². The van der Waals surface area contributed by atoms with E-state index in [0.29, 0.717) is 5.56 Å². The monoisotopic (exact) mass is 276 g/mol. The highest BCUT2D eigenvalue weighted by atomic mass is 16.7. The molecule has 0 aliphatic carbocycles. The van der Waals surface area contributed by atoms with E-state index in [2.05, 4.69) is 5.16 Å². The maximum Gasteiger partial charge on any atom is 0.422 e. The lowest BCUT2D eigenvalue weighted by molar-refractivity contribution is -0.721. The summed E-state index contributed by atoms with van der Waals surface area (Å²) in [4.78, 5) is 26.1. The first kappa shape index (κ1) is 13.3. The highest BCUT2D eigenvalue weighted by Crippen LogP contribution is 2.10. The molecule has 1 aromatic heterocycles. The van der Waals surface area contributed by atoms with Crippen molar-refractivity contribution in [3.05, 3.63) is 64.1 Å². The van der Waals surface area contributed by atoms with Gasteiger partial charge in [-0.15, -0.1) is 0 Å². The molecule has 2 rings (SSSR count). The van der Waals surface area contributed by atoms with Gasteiger partial charge in [0.1, 0.15) is 0 Å². The molecule has 1 heterocycles. The maximum atomic E-state index is 11.4. The summed E-state index contributed by atoms with van der Waals surface area (Å²) in [7, 11) is 0. The minimum absolute atomic E-state index is 0.0222. The fourth-order valence-corrected chi connectivity index (χ4v) is 1.37. The first-order valence-electron chi connectivity index (χ1n) is 5.46. The zero-order chi connectivity index (χ0) is 14.5. The molecule has 8 nitrogen and oxygen atoms in total. The van der Waals surface area contributed by atoms with Crippen LogP contribution in [0.4, 0.5) is 5.69 Å². The number of carbonyl (C=O) groups excluding carboxylic acids is 1. The van der Waals surface area contributed by atoms with Crippen molar-refractivity contribution in [2.45, 2.75) is 0 Å². The summed E-state index contributed by atoms with van der Waals surface area (Å²) in [6.45, 7) is 0. The average molecular weight is 276 g/mol. The number of nitrogens with one attached hydrogen (secondary N) is 1. The topological polar surface area (TPSA) is 123 Å². The second kappa shape index (κ2) is 5.65. The average Bonchev–Trinajstić information content (AvgIpc) is 2.98. The molecule has 0 fully saturated rings. The second-order valence-corrected chi connectivity index (χ2v) is 3.69. The first-order valence-corrected chi connectivity index (χ1v) is 5.46. The van der Waals surface area contributed by atoms with Crippen LogP contribution in [0.3, 0.4) is 0 Å². The molecule has 0 atom stereocenters. The van der Waals surface area contributed by atoms with Gasteiger partial charge in [-0.1, -0.05) is 5.16 Å². The van der Waals surface area contributed by atoms with Gasteiger partial charge in [0.15, 0.2) is 0 Å². The lowest BCUT2D eigenvalue weighted by atomic mass is 10.2. The highest BCUT2D eigenvalue weighted by Gasteiger charge is 2.14. The van der Waals surface area contributed by atoms with Gasteiger partial charge in [-0.2, -0.15) is 0 Å². The minimum Gasteiger partial charge on any atom is -0.457 e. The van der Waals surface area contributed by atoms with Crippen molar-refractivity contribution >= 4 is 17.5 Å². The molecule has 102 valence electrons. The molecule has 0 spiro atoms. The number of hydrogen-bond acceptors (Lipinski definition) is 5. The van der Waals surface area contributed by atoms with Gasteiger partial charge >= 0.3 is 11.8 Å². The van der Waals surface area contributed by atoms with Gasteiger partial charge in [0.25, 0.3) is 5.69 Å². The predicted molar refractivity (Wildman–Crippen MR) is 66.5 cm³/mol. The summed E-state index contributed by atoms with van der Waals surface area (Å²) in [5.74, 6) is -0.673. The number of nitrogen functional groups attached to an aromatic ring is 1. The van der Waals surface area contributed by atoms with Gasteiger partial charge in [0, 0.05) is 12.1 Å². The van der Waals surface area contributed by atoms with Gasteiger partial charge in [0.05, 0.1) is 16.7 Å². The van der Waals surface area contributed by atoms with Gasteiger partial charge in [-0.25, -0.2) is 4.79 Å². The van der Waals surface area contributed by atoms with Crippen molar-refractivity contribution in [1.82, 2.24) is 0 Å². The number of nitro groups is 1. The van der Waals surface area contributed by atoms with E-state index < -0.39 is 10.9 Å². The summed E-state index contributed by atoms with van der Waals surface area (Å²) in [5.41, 5.74) is 6.04. The van der Waals surface area contributed by atoms with E-state index in [1.807, 2.05) is 0 Å². The number of nitro benzene ring substituents is 1. The molecular formula is C12H10N3O5+. The molecule has 0 aliphatic rings. The molecule has 8 heteroatoms. The van der Waals surface area contributed by atoms with Crippen LogP contribution in [0, 0.1) is 10.1 Å². The fraction of sp³-hybridized carbons (Fsp3) is 0. The van der Waals surface area contributed by atoms with E-state index in [0.717, 1.165) is 0 Å². The summed E-state index contributed by atoms with van der Waals surface area (Å²) >= 11 is 0. The molecule has 0 bridgehead atoms. The van der Waals surface area contributed by atoms with E-state index in [9.17, 15) is 14.9 Å². The molecule has 3 N–H and O–H groups in total. The third-order valence-corrected chi connectivity index (χ3v) is 2.37. The standard InChI is InChI=1S/C12H9N3O5/c13-11(8-3-5-9(6-4-8)15(17)18)14-20-12(16)10-2-1-7-19-10/h1-7H,(H2,13,14)/p+1. The molecule has 1 aromatic carbocycles. The fourth-order valence-electron chi connectivity index (χ4n) is 1.37. The Hall–Kier alpha value is -3.16. The highest BCUT2D eigenvalue weighted by molar-refractivity contribution is 5.93. The van der Waals surface area contributed by atoms with E-state index in [1.165, 1.54) is 36.6 Å². The zero-order valence-corrected chi connectivity index (χ0v) is 10.1. The maximum absolute atomic E-state index is 11.4. The Bertz CT molecular complexity index is 646. The third-order valence-electron chi connectivity index (χ3n) is 2.37. The lowest BCUT2D eigenvalue weighted by Gasteiger charge is -1.96. The van der Waals surface area contributed by atoms with Crippen molar-refractivity contribution in [3.8, 4) is 0 Å². The third kappa shape index (κ3) is 2.99. The number of nitrogens with zero attached hydrogens (tertiary/aromatic N) is 1.